The van der Waals surface area contributed by atoms with Crippen LogP contribution in [0.25, 0.3) is 22.8 Å². The molecule has 0 aliphatic heterocycles. The van der Waals surface area contributed by atoms with Crippen molar-refractivity contribution in [2.75, 3.05) is 0 Å². The van der Waals surface area contributed by atoms with Crippen LogP contribution in [0.5, 0.6) is 0 Å². The summed E-state index contributed by atoms with van der Waals surface area (Å²) in [6.45, 7) is 1.80. The molecule has 0 aliphatic rings. The Morgan fingerprint density at radius 1 is 1.30 bits per heavy atom. The van der Waals surface area contributed by atoms with Crippen molar-refractivity contribution in [2.45, 2.75) is 6.92 Å². The van der Waals surface area contributed by atoms with Gasteiger partial charge in [0.1, 0.15) is 5.76 Å². The molecule has 0 aliphatic carbocycles. The summed E-state index contributed by atoms with van der Waals surface area (Å²) in [4.78, 5) is 15.2. The molecule has 1 N–H and O–H groups in total. The number of carboxylic acids is 1. The predicted octanol–water partition coefficient (Wildman–Crippen LogP) is 3.00. The van der Waals surface area contributed by atoms with Crippen LogP contribution in [0.2, 0.25) is 0 Å². The molecule has 6 heteroatoms. The van der Waals surface area contributed by atoms with Crippen molar-refractivity contribution >= 4 is 5.97 Å². The first kappa shape index (κ1) is 12.2. The number of rotatable bonds is 3. The first-order chi connectivity index (χ1) is 9.65. The van der Waals surface area contributed by atoms with Gasteiger partial charge in [-0.15, -0.1) is 0 Å². The van der Waals surface area contributed by atoms with Gasteiger partial charge in [0.25, 0.3) is 5.89 Å². The van der Waals surface area contributed by atoms with E-state index >= 15 is 0 Å². The fourth-order valence-electron chi connectivity index (χ4n) is 1.85. The Hall–Kier alpha value is -2.89. The average Bonchev–Trinajstić information content (AvgIpc) is 3.07. The molecule has 20 heavy (non-hydrogen) atoms. The summed E-state index contributed by atoms with van der Waals surface area (Å²) in [6.07, 6.45) is 1.54. The van der Waals surface area contributed by atoms with E-state index in [4.69, 9.17) is 14.0 Å². The van der Waals surface area contributed by atoms with Crippen LogP contribution in [0.1, 0.15) is 16.1 Å². The van der Waals surface area contributed by atoms with Crippen molar-refractivity contribution in [3.05, 3.63) is 47.9 Å². The van der Waals surface area contributed by atoms with Crippen molar-refractivity contribution in [2.24, 2.45) is 0 Å². The van der Waals surface area contributed by atoms with Crippen LogP contribution in [-0.4, -0.2) is 21.2 Å². The molecular formula is C14H10N2O4. The van der Waals surface area contributed by atoms with Crippen molar-refractivity contribution < 1.29 is 18.8 Å². The van der Waals surface area contributed by atoms with E-state index in [1.54, 1.807) is 31.4 Å². The SMILES string of the molecule is Cc1occc1-c1nc(-c2cccc(C(=O)O)c2)no1. The average molecular weight is 270 g/mol. The Bertz CT molecular complexity index is 773. The maximum absolute atomic E-state index is 10.9. The molecule has 0 saturated heterocycles. The van der Waals surface area contributed by atoms with Crippen molar-refractivity contribution in [1.29, 1.82) is 0 Å². The van der Waals surface area contributed by atoms with Crippen LogP contribution in [0.15, 0.2) is 45.5 Å². The summed E-state index contributed by atoms with van der Waals surface area (Å²) in [7, 11) is 0. The molecular weight excluding hydrogens is 260 g/mol. The molecule has 0 fully saturated rings. The number of furan rings is 1. The zero-order valence-electron chi connectivity index (χ0n) is 10.5. The van der Waals surface area contributed by atoms with E-state index in [9.17, 15) is 4.79 Å². The van der Waals surface area contributed by atoms with Crippen molar-refractivity contribution in [1.82, 2.24) is 10.1 Å². The van der Waals surface area contributed by atoms with E-state index < -0.39 is 5.97 Å². The standard InChI is InChI=1S/C14H10N2O4/c1-8-11(5-6-19-8)13-15-12(16-20-13)9-3-2-4-10(7-9)14(17)18/h2-7H,1H3,(H,17,18). The topological polar surface area (TPSA) is 89.4 Å². The Balaban J connectivity index is 2.00. The molecule has 6 nitrogen and oxygen atoms in total. The Morgan fingerprint density at radius 2 is 2.15 bits per heavy atom. The molecule has 100 valence electrons. The first-order valence-corrected chi connectivity index (χ1v) is 5.87. The highest BCUT2D eigenvalue weighted by Gasteiger charge is 2.15. The van der Waals surface area contributed by atoms with Crippen LogP contribution in [0.4, 0.5) is 0 Å². The van der Waals surface area contributed by atoms with E-state index in [2.05, 4.69) is 10.1 Å². The van der Waals surface area contributed by atoms with Gasteiger partial charge in [-0.25, -0.2) is 4.79 Å². The highest BCUT2D eigenvalue weighted by molar-refractivity contribution is 5.89. The number of hydrogen-bond donors (Lipinski definition) is 1. The number of aromatic carboxylic acids is 1. The molecule has 0 amide bonds. The lowest BCUT2D eigenvalue weighted by Crippen LogP contribution is -1.96. The highest BCUT2D eigenvalue weighted by atomic mass is 16.5. The van der Waals surface area contributed by atoms with E-state index in [1.165, 1.54) is 12.1 Å². The Morgan fingerprint density at radius 3 is 2.85 bits per heavy atom. The summed E-state index contributed by atoms with van der Waals surface area (Å²) < 4.78 is 10.4. The lowest BCUT2D eigenvalue weighted by Gasteiger charge is -1.96. The fourth-order valence-corrected chi connectivity index (χ4v) is 1.85. The highest BCUT2D eigenvalue weighted by Crippen LogP contribution is 2.25. The molecule has 3 aromatic rings. The second-order valence-corrected chi connectivity index (χ2v) is 4.20. The van der Waals surface area contributed by atoms with Gasteiger partial charge < -0.3 is 14.0 Å². The third-order valence-electron chi connectivity index (χ3n) is 2.88. The molecule has 0 saturated carbocycles. The first-order valence-electron chi connectivity index (χ1n) is 5.87. The number of carbonyl (C=O) groups is 1. The number of aryl methyl sites for hydroxylation is 1. The molecule has 0 bridgehead atoms. The maximum atomic E-state index is 10.9. The summed E-state index contributed by atoms with van der Waals surface area (Å²) in [5, 5.41) is 12.8. The van der Waals surface area contributed by atoms with Gasteiger partial charge in [0, 0.05) is 5.56 Å². The van der Waals surface area contributed by atoms with Crippen LogP contribution < -0.4 is 0 Å². The van der Waals surface area contributed by atoms with Gasteiger partial charge in [0.2, 0.25) is 5.82 Å². The summed E-state index contributed by atoms with van der Waals surface area (Å²) in [6, 6.07) is 8.10. The van der Waals surface area contributed by atoms with E-state index in [0.717, 1.165) is 5.56 Å². The monoisotopic (exact) mass is 270 g/mol. The molecule has 0 atom stereocenters. The second kappa shape index (κ2) is 4.65. The minimum Gasteiger partial charge on any atom is -0.478 e. The molecule has 0 spiro atoms. The number of hydrogen-bond acceptors (Lipinski definition) is 5. The molecule has 1 aromatic carbocycles. The van der Waals surface area contributed by atoms with Gasteiger partial charge in [-0.2, -0.15) is 4.98 Å². The zero-order chi connectivity index (χ0) is 14.1. The minimum absolute atomic E-state index is 0.174. The summed E-state index contributed by atoms with van der Waals surface area (Å²) in [5.41, 5.74) is 1.48. The van der Waals surface area contributed by atoms with Gasteiger partial charge in [0.05, 0.1) is 17.4 Å². The maximum Gasteiger partial charge on any atom is 0.335 e. The number of benzene rings is 1. The van der Waals surface area contributed by atoms with Gasteiger partial charge in [-0.05, 0) is 25.1 Å². The number of carboxylic acid groups (broad SMARTS) is 1. The zero-order valence-corrected chi connectivity index (χ0v) is 10.5. The van der Waals surface area contributed by atoms with Crippen LogP contribution >= 0.6 is 0 Å². The molecule has 2 heterocycles. The normalized spacial score (nSPS) is 10.7. The minimum atomic E-state index is -0.999. The number of nitrogens with zero attached hydrogens (tertiary/aromatic N) is 2. The van der Waals surface area contributed by atoms with Crippen molar-refractivity contribution in [3.63, 3.8) is 0 Å². The lowest BCUT2D eigenvalue weighted by molar-refractivity contribution is 0.0697. The van der Waals surface area contributed by atoms with Gasteiger partial charge in [-0.3, -0.25) is 0 Å². The Labute approximate surface area is 113 Å². The third kappa shape index (κ3) is 2.07. The quantitative estimate of drug-likeness (QED) is 0.786. The van der Waals surface area contributed by atoms with Gasteiger partial charge in [-0.1, -0.05) is 17.3 Å². The predicted molar refractivity (Wildman–Crippen MR) is 69.1 cm³/mol. The van der Waals surface area contributed by atoms with E-state index in [1.807, 2.05) is 0 Å². The smallest absolute Gasteiger partial charge is 0.335 e. The van der Waals surface area contributed by atoms with E-state index in [-0.39, 0.29) is 5.56 Å². The van der Waals surface area contributed by atoms with Crippen molar-refractivity contribution in [3.8, 4) is 22.8 Å². The summed E-state index contributed by atoms with van der Waals surface area (Å²) >= 11 is 0. The fraction of sp³-hybridized carbons (Fsp3) is 0.0714. The van der Waals surface area contributed by atoms with Crippen LogP contribution in [0, 0.1) is 6.92 Å². The van der Waals surface area contributed by atoms with Crippen LogP contribution in [-0.2, 0) is 0 Å². The van der Waals surface area contributed by atoms with Gasteiger partial charge in [0.15, 0.2) is 0 Å². The van der Waals surface area contributed by atoms with Gasteiger partial charge >= 0.3 is 5.97 Å². The largest absolute Gasteiger partial charge is 0.478 e. The lowest BCUT2D eigenvalue weighted by atomic mass is 10.1. The molecule has 2 aromatic heterocycles. The molecule has 3 rings (SSSR count). The van der Waals surface area contributed by atoms with E-state index in [0.29, 0.717) is 23.0 Å². The summed E-state index contributed by atoms with van der Waals surface area (Å²) in [5.74, 6) is 0.358. The Kier molecular flexibility index (Phi) is 2.83. The van der Waals surface area contributed by atoms with Crippen LogP contribution in [0.3, 0.4) is 0 Å². The number of aromatic nitrogens is 2. The molecule has 0 unspecified atom stereocenters. The third-order valence-corrected chi connectivity index (χ3v) is 2.88. The second-order valence-electron chi connectivity index (χ2n) is 4.20. The molecule has 0 radical (unpaired) electrons.